The Balaban J connectivity index is 1.43. The quantitative estimate of drug-likeness (QED) is 0.761. The topological polar surface area (TPSA) is 56.6 Å². The minimum Gasteiger partial charge on any atom is -0.487 e. The number of anilines is 1. The largest absolute Gasteiger partial charge is 0.487 e. The minimum atomic E-state index is -0.385. The van der Waals surface area contributed by atoms with Crippen LogP contribution in [-0.2, 0) is 13.2 Å². The number of benzene rings is 1. The molecule has 0 spiro atoms. The van der Waals surface area contributed by atoms with E-state index in [2.05, 4.69) is 16.8 Å². The number of hydrogen-bond acceptors (Lipinski definition) is 5. The van der Waals surface area contributed by atoms with Crippen LogP contribution in [0.3, 0.4) is 0 Å². The Kier molecular flexibility index (Phi) is 5.74. The first-order valence-electron chi connectivity index (χ1n) is 10.4. The zero-order chi connectivity index (χ0) is 20.4. The van der Waals surface area contributed by atoms with Gasteiger partial charge in [-0.3, -0.25) is 4.57 Å². The zero-order valence-corrected chi connectivity index (χ0v) is 17.1. The fraction of sp³-hybridized carbons (Fsp3) is 0.545. The molecule has 0 unspecified atom stereocenters. The summed E-state index contributed by atoms with van der Waals surface area (Å²) < 4.78 is 27.6. The van der Waals surface area contributed by atoms with Crippen molar-refractivity contribution in [2.75, 3.05) is 11.9 Å². The van der Waals surface area contributed by atoms with E-state index < -0.39 is 0 Å². The van der Waals surface area contributed by atoms with Crippen molar-refractivity contribution in [3.8, 4) is 11.6 Å². The van der Waals surface area contributed by atoms with Gasteiger partial charge in [0.15, 0.2) is 11.6 Å². The number of halogens is 1. The Morgan fingerprint density at radius 2 is 1.97 bits per heavy atom. The molecule has 1 fully saturated rings. The standard InChI is InChI=1S/C22H28FN3O3/c1-15-10-11-26-21(25(15)2)13-20(24-22(26)27)28-14-16-8-9-19(18(23)12-16)29-17-6-4-3-5-7-17/h8-9,12-13,15,17H,3-7,10-11,14H2,1-2H3/t15-/m0/s1. The van der Waals surface area contributed by atoms with E-state index >= 15 is 0 Å². The lowest BCUT2D eigenvalue weighted by Gasteiger charge is -2.34. The molecule has 0 radical (unpaired) electrons. The Morgan fingerprint density at radius 3 is 2.72 bits per heavy atom. The highest BCUT2D eigenvalue weighted by atomic mass is 19.1. The second-order valence-electron chi connectivity index (χ2n) is 8.07. The molecule has 29 heavy (non-hydrogen) atoms. The van der Waals surface area contributed by atoms with Gasteiger partial charge in [0.25, 0.3) is 0 Å². The smallest absolute Gasteiger partial charge is 0.352 e. The summed E-state index contributed by atoms with van der Waals surface area (Å²) in [6.07, 6.45) is 6.48. The molecule has 1 aliphatic carbocycles. The summed E-state index contributed by atoms with van der Waals surface area (Å²) in [6.45, 7) is 2.91. The lowest BCUT2D eigenvalue weighted by atomic mass is 9.98. The summed E-state index contributed by atoms with van der Waals surface area (Å²) in [5.41, 5.74) is 0.346. The Morgan fingerprint density at radius 1 is 1.17 bits per heavy atom. The van der Waals surface area contributed by atoms with Crippen molar-refractivity contribution in [1.29, 1.82) is 0 Å². The summed E-state index contributed by atoms with van der Waals surface area (Å²) >= 11 is 0. The first kappa shape index (κ1) is 19.7. The van der Waals surface area contributed by atoms with Crippen LogP contribution in [-0.4, -0.2) is 28.7 Å². The SMILES string of the molecule is C[C@H]1CCn2c(cc(OCc3ccc(OC4CCCCC4)c(F)c3)nc2=O)N1C. The molecule has 1 aliphatic heterocycles. The van der Waals surface area contributed by atoms with Crippen LogP contribution < -0.4 is 20.1 Å². The molecule has 156 valence electrons. The number of rotatable bonds is 5. The fourth-order valence-electron chi connectivity index (χ4n) is 4.03. The second kappa shape index (κ2) is 8.43. The van der Waals surface area contributed by atoms with Crippen LogP contribution in [0.4, 0.5) is 10.2 Å². The van der Waals surface area contributed by atoms with Crippen molar-refractivity contribution in [2.45, 2.75) is 70.7 Å². The van der Waals surface area contributed by atoms with Crippen molar-refractivity contribution >= 4 is 5.82 Å². The molecule has 0 saturated heterocycles. The maximum atomic E-state index is 14.5. The third-order valence-corrected chi connectivity index (χ3v) is 5.99. The number of ether oxygens (including phenoxy) is 2. The van der Waals surface area contributed by atoms with Crippen molar-refractivity contribution in [3.63, 3.8) is 0 Å². The average Bonchev–Trinajstić information content (AvgIpc) is 2.72. The van der Waals surface area contributed by atoms with Crippen molar-refractivity contribution < 1.29 is 13.9 Å². The molecule has 0 bridgehead atoms. The Hall–Kier alpha value is -2.57. The van der Waals surface area contributed by atoms with Gasteiger partial charge in [-0.15, -0.1) is 0 Å². The summed E-state index contributed by atoms with van der Waals surface area (Å²) in [7, 11) is 1.96. The summed E-state index contributed by atoms with van der Waals surface area (Å²) in [6, 6.07) is 7.00. The highest BCUT2D eigenvalue weighted by Gasteiger charge is 2.22. The Bertz CT molecular complexity index is 924. The van der Waals surface area contributed by atoms with Crippen molar-refractivity contribution in [3.05, 3.63) is 46.1 Å². The molecule has 7 heteroatoms. The maximum Gasteiger partial charge on any atom is 0.352 e. The highest BCUT2D eigenvalue weighted by Crippen LogP contribution is 2.27. The first-order chi connectivity index (χ1) is 14.0. The maximum absolute atomic E-state index is 14.5. The van der Waals surface area contributed by atoms with Crippen LogP contribution in [0.2, 0.25) is 0 Å². The molecular weight excluding hydrogens is 373 g/mol. The molecule has 2 aliphatic rings. The van der Waals surface area contributed by atoms with Crippen LogP contribution in [0.25, 0.3) is 0 Å². The van der Waals surface area contributed by atoms with E-state index in [9.17, 15) is 9.18 Å². The van der Waals surface area contributed by atoms with E-state index in [0.29, 0.717) is 23.9 Å². The van der Waals surface area contributed by atoms with E-state index in [0.717, 1.165) is 37.9 Å². The lowest BCUT2D eigenvalue weighted by molar-refractivity contribution is 0.148. The van der Waals surface area contributed by atoms with E-state index in [-0.39, 0.29) is 30.1 Å². The van der Waals surface area contributed by atoms with Crippen LogP contribution in [0.1, 0.15) is 51.0 Å². The second-order valence-corrected chi connectivity index (χ2v) is 8.07. The highest BCUT2D eigenvalue weighted by molar-refractivity contribution is 5.44. The normalized spacial score (nSPS) is 19.7. The predicted octanol–water partition coefficient (Wildman–Crippen LogP) is 3.90. The fourth-order valence-corrected chi connectivity index (χ4v) is 4.03. The molecular formula is C22H28FN3O3. The van der Waals surface area contributed by atoms with Gasteiger partial charge in [0, 0.05) is 25.7 Å². The third-order valence-electron chi connectivity index (χ3n) is 5.99. The molecule has 1 aromatic carbocycles. The van der Waals surface area contributed by atoms with Crippen LogP contribution in [0.15, 0.2) is 29.1 Å². The number of nitrogens with zero attached hydrogens (tertiary/aromatic N) is 3. The molecule has 1 atom stereocenters. The van der Waals surface area contributed by atoms with Gasteiger partial charge in [-0.2, -0.15) is 4.98 Å². The van der Waals surface area contributed by atoms with Gasteiger partial charge in [0.2, 0.25) is 5.88 Å². The molecule has 2 aromatic rings. The Labute approximate surface area is 170 Å². The van der Waals surface area contributed by atoms with Crippen LogP contribution in [0, 0.1) is 5.82 Å². The number of hydrogen-bond donors (Lipinski definition) is 0. The van der Waals surface area contributed by atoms with Crippen LogP contribution in [0.5, 0.6) is 11.6 Å². The molecule has 1 saturated carbocycles. The van der Waals surface area contributed by atoms with Gasteiger partial charge in [-0.05, 0) is 56.7 Å². The number of fused-ring (bicyclic) bond motifs is 1. The molecule has 1 aromatic heterocycles. The molecule has 4 rings (SSSR count). The summed E-state index contributed by atoms with van der Waals surface area (Å²) in [5, 5.41) is 0. The number of aromatic nitrogens is 2. The molecule has 0 N–H and O–H groups in total. The average molecular weight is 401 g/mol. The van der Waals surface area contributed by atoms with E-state index in [4.69, 9.17) is 9.47 Å². The minimum absolute atomic E-state index is 0.104. The van der Waals surface area contributed by atoms with Crippen molar-refractivity contribution in [2.24, 2.45) is 0 Å². The third kappa shape index (κ3) is 4.38. The summed E-state index contributed by atoms with van der Waals surface area (Å²) in [4.78, 5) is 18.4. The van der Waals surface area contributed by atoms with Crippen LogP contribution >= 0.6 is 0 Å². The molecule has 2 heterocycles. The van der Waals surface area contributed by atoms with Gasteiger partial charge in [-0.1, -0.05) is 12.5 Å². The van der Waals surface area contributed by atoms with Gasteiger partial charge >= 0.3 is 5.69 Å². The van der Waals surface area contributed by atoms with Crippen molar-refractivity contribution in [1.82, 2.24) is 9.55 Å². The van der Waals surface area contributed by atoms with Gasteiger partial charge < -0.3 is 14.4 Å². The van der Waals surface area contributed by atoms with E-state index in [1.165, 1.54) is 12.5 Å². The first-order valence-corrected chi connectivity index (χ1v) is 10.4. The monoisotopic (exact) mass is 401 g/mol. The molecule has 0 amide bonds. The predicted molar refractivity (Wildman–Crippen MR) is 109 cm³/mol. The zero-order valence-electron chi connectivity index (χ0n) is 17.1. The lowest BCUT2D eigenvalue weighted by Crippen LogP contribution is -2.41. The van der Waals surface area contributed by atoms with Gasteiger partial charge in [0.1, 0.15) is 12.4 Å². The molecule has 6 nitrogen and oxygen atoms in total. The summed E-state index contributed by atoms with van der Waals surface area (Å²) in [5.74, 6) is 0.955. The van der Waals surface area contributed by atoms with E-state index in [1.54, 1.807) is 22.8 Å². The van der Waals surface area contributed by atoms with Gasteiger partial charge in [0.05, 0.1) is 6.10 Å². The van der Waals surface area contributed by atoms with Gasteiger partial charge in [-0.25, -0.2) is 9.18 Å². The van der Waals surface area contributed by atoms with E-state index in [1.807, 2.05) is 7.05 Å².